The SMILES string of the molecule is CN1CCN(Cc2occc2CN)C(c2ccccc2)C1. The third-order valence-corrected chi connectivity index (χ3v) is 4.28. The molecule has 3 rings (SSSR count). The summed E-state index contributed by atoms with van der Waals surface area (Å²) in [5.41, 5.74) is 8.26. The molecule has 112 valence electrons. The van der Waals surface area contributed by atoms with Crippen molar-refractivity contribution in [2.75, 3.05) is 26.7 Å². The van der Waals surface area contributed by atoms with Crippen LogP contribution in [0.25, 0.3) is 0 Å². The molecule has 0 bridgehead atoms. The van der Waals surface area contributed by atoms with E-state index < -0.39 is 0 Å². The summed E-state index contributed by atoms with van der Waals surface area (Å²) in [7, 11) is 2.19. The number of hydrogen-bond donors (Lipinski definition) is 1. The van der Waals surface area contributed by atoms with Gasteiger partial charge in [0.2, 0.25) is 0 Å². The van der Waals surface area contributed by atoms with Gasteiger partial charge in [0.25, 0.3) is 0 Å². The van der Waals surface area contributed by atoms with Crippen molar-refractivity contribution in [3.05, 3.63) is 59.5 Å². The summed E-state index contributed by atoms with van der Waals surface area (Å²) in [6, 6.07) is 13.1. The molecule has 2 aromatic rings. The summed E-state index contributed by atoms with van der Waals surface area (Å²) >= 11 is 0. The van der Waals surface area contributed by atoms with Gasteiger partial charge in [-0.3, -0.25) is 4.90 Å². The molecule has 0 saturated carbocycles. The van der Waals surface area contributed by atoms with Crippen molar-refractivity contribution in [2.45, 2.75) is 19.1 Å². The van der Waals surface area contributed by atoms with Gasteiger partial charge in [-0.25, -0.2) is 0 Å². The van der Waals surface area contributed by atoms with Crippen molar-refractivity contribution in [3.8, 4) is 0 Å². The second kappa shape index (κ2) is 6.43. The molecule has 1 aromatic heterocycles. The molecule has 1 saturated heterocycles. The molecule has 21 heavy (non-hydrogen) atoms. The van der Waals surface area contributed by atoms with Gasteiger partial charge in [-0.05, 0) is 18.7 Å². The predicted octanol–water partition coefficient (Wildman–Crippen LogP) is 2.23. The van der Waals surface area contributed by atoms with Gasteiger partial charge >= 0.3 is 0 Å². The van der Waals surface area contributed by atoms with Crippen molar-refractivity contribution in [3.63, 3.8) is 0 Å². The molecule has 2 heterocycles. The maximum Gasteiger partial charge on any atom is 0.122 e. The maximum atomic E-state index is 5.78. The predicted molar refractivity (Wildman–Crippen MR) is 83.7 cm³/mol. The Kier molecular flexibility index (Phi) is 4.39. The van der Waals surface area contributed by atoms with E-state index in [2.05, 4.69) is 47.2 Å². The number of furan rings is 1. The van der Waals surface area contributed by atoms with Gasteiger partial charge in [-0.2, -0.15) is 0 Å². The molecule has 0 spiro atoms. The van der Waals surface area contributed by atoms with Crippen molar-refractivity contribution >= 4 is 0 Å². The molecule has 1 unspecified atom stereocenters. The zero-order chi connectivity index (χ0) is 14.7. The monoisotopic (exact) mass is 285 g/mol. The van der Waals surface area contributed by atoms with Crippen LogP contribution in [0.3, 0.4) is 0 Å². The van der Waals surface area contributed by atoms with Crippen LogP contribution in [0.4, 0.5) is 0 Å². The van der Waals surface area contributed by atoms with E-state index in [-0.39, 0.29) is 0 Å². The number of nitrogens with two attached hydrogens (primary N) is 1. The smallest absolute Gasteiger partial charge is 0.122 e. The highest BCUT2D eigenvalue weighted by molar-refractivity contribution is 5.21. The molecule has 2 N–H and O–H groups in total. The van der Waals surface area contributed by atoms with E-state index in [9.17, 15) is 0 Å². The van der Waals surface area contributed by atoms with Crippen LogP contribution in [0.5, 0.6) is 0 Å². The highest BCUT2D eigenvalue weighted by atomic mass is 16.3. The molecular formula is C17H23N3O. The zero-order valence-corrected chi connectivity index (χ0v) is 12.5. The van der Waals surface area contributed by atoms with Gasteiger partial charge < -0.3 is 15.1 Å². The third kappa shape index (κ3) is 3.18. The lowest BCUT2D eigenvalue weighted by atomic mass is 10.0. The number of nitrogens with zero attached hydrogens (tertiary/aromatic N) is 2. The first-order chi connectivity index (χ1) is 10.3. The van der Waals surface area contributed by atoms with Crippen molar-refractivity contribution in [2.24, 2.45) is 5.73 Å². The van der Waals surface area contributed by atoms with Crippen molar-refractivity contribution < 1.29 is 4.42 Å². The summed E-state index contributed by atoms with van der Waals surface area (Å²) in [6.45, 7) is 4.54. The van der Waals surface area contributed by atoms with Gasteiger partial charge in [0.05, 0.1) is 12.8 Å². The first-order valence-electron chi connectivity index (χ1n) is 7.51. The Morgan fingerprint density at radius 1 is 1.19 bits per heavy atom. The fourth-order valence-electron chi connectivity index (χ4n) is 3.01. The minimum Gasteiger partial charge on any atom is -0.468 e. The van der Waals surface area contributed by atoms with Crippen molar-refractivity contribution in [1.29, 1.82) is 0 Å². The summed E-state index contributed by atoms with van der Waals surface area (Å²) in [4.78, 5) is 4.88. The number of benzene rings is 1. The van der Waals surface area contributed by atoms with E-state index in [1.807, 2.05) is 6.07 Å². The lowest BCUT2D eigenvalue weighted by Gasteiger charge is -2.40. The quantitative estimate of drug-likeness (QED) is 0.935. The Balaban J connectivity index is 1.81. The molecule has 0 aliphatic carbocycles. The highest BCUT2D eigenvalue weighted by Crippen LogP contribution is 2.27. The Bertz CT molecular complexity index is 566. The highest BCUT2D eigenvalue weighted by Gasteiger charge is 2.27. The topological polar surface area (TPSA) is 45.6 Å². The molecule has 1 fully saturated rings. The molecule has 1 aliphatic rings. The summed E-state index contributed by atoms with van der Waals surface area (Å²) < 4.78 is 5.63. The van der Waals surface area contributed by atoms with Crippen LogP contribution in [-0.4, -0.2) is 36.5 Å². The Hall–Kier alpha value is -1.62. The largest absolute Gasteiger partial charge is 0.468 e. The van der Waals surface area contributed by atoms with Crippen molar-refractivity contribution in [1.82, 2.24) is 9.80 Å². The summed E-state index contributed by atoms with van der Waals surface area (Å²) in [5, 5.41) is 0. The fraction of sp³-hybridized carbons (Fsp3) is 0.412. The summed E-state index contributed by atoms with van der Waals surface area (Å²) in [5.74, 6) is 1.00. The van der Waals surface area contributed by atoms with E-state index in [1.165, 1.54) is 5.56 Å². The van der Waals surface area contributed by atoms with Crippen LogP contribution in [0.2, 0.25) is 0 Å². The number of hydrogen-bond acceptors (Lipinski definition) is 4. The van der Waals surface area contributed by atoms with Crippen LogP contribution < -0.4 is 5.73 Å². The fourth-order valence-corrected chi connectivity index (χ4v) is 3.01. The Morgan fingerprint density at radius 2 is 2.00 bits per heavy atom. The molecule has 4 heteroatoms. The molecule has 1 atom stereocenters. The van der Waals surface area contributed by atoms with Gasteiger partial charge in [-0.1, -0.05) is 30.3 Å². The second-order valence-corrected chi connectivity index (χ2v) is 5.73. The summed E-state index contributed by atoms with van der Waals surface area (Å²) in [6.07, 6.45) is 1.74. The Labute approximate surface area is 126 Å². The molecular weight excluding hydrogens is 262 g/mol. The van der Waals surface area contributed by atoms with Crippen LogP contribution in [0, 0.1) is 0 Å². The lowest BCUT2D eigenvalue weighted by Crippen LogP contribution is -2.46. The number of likely N-dealkylation sites (N-methyl/N-ethyl adjacent to an activating group) is 1. The number of piperazine rings is 1. The lowest BCUT2D eigenvalue weighted by molar-refractivity contribution is 0.0770. The standard InChI is InChI=1S/C17H23N3O/c1-19-8-9-20(13-17-15(11-18)7-10-21-17)16(12-19)14-5-3-2-4-6-14/h2-7,10,16H,8-9,11-13,18H2,1H3. The number of rotatable bonds is 4. The average molecular weight is 285 g/mol. The van der Waals surface area contributed by atoms with Gasteiger partial charge in [0, 0.05) is 37.8 Å². The molecule has 4 nitrogen and oxygen atoms in total. The third-order valence-electron chi connectivity index (χ3n) is 4.28. The second-order valence-electron chi connectivity index (χ2n) is 5.73. The van der Waals surface area contributed by atoms with E-state index in [4.69, 9.17) is 10.2 Å². The maximum absolute atomic E-state index is 5.78. The first-order valence-corrected chi connectivity index (χ1v) is 7.51. The first kappa shape index (κ1) is 14.3. The van der Waals surface area contributed by atoms with E-state index in [0.29, 0.717) is 12.6 Å². The zero-order valence-electron chi connectivity index (χ0n) is 12.5. The van der Waals surface area contributed by atoms with E-state index in [0.717, 1.165) is 37.5 Å². The van der Waals surface area contributed by atoms with Gasteiger partial charge in [0.1, 0.15) is 5.76 Å². The van der Waals surface area contributed by atoms with E-state index in [1.54, 1.807) is 6.26 Å². The van der Waals surface area contributed by atoms with Gasteiger partial charge in [-0.15, -0.1) is 0 Å². The Morgan fingerprint density at radius 3 is 2.76 bits per heavy atom. The molecule has 1 aromatic carbocycles. The van der Waals surface area contributed by atoms with Crippen LogP contribution in [0.1, 0.15) is 22.9 Å². The molecule has 1 aliphatic heterocycles. The molecule has 0 amide bonds. The normalized spacial score (nSPS) is 20.8. The van der Waals surface area contributed by atoms with E-state index >= 15 is 0 Å². The molecule has 0 radical (unpaired) electrons. The van der Waals surface area contributed by atoms with Crippen LogP contribution >= 0.6 is 0 Å². The minimum atomic E-state index is 0.403. The minimum absolute atomic E-state index is 0.403. The average Bonchev–Trinajstić information content (AvgIpc) is 2.97. The van der Waals surface area contributed by atoms with Crippen LogP contribution in [-0.2, 0) is 13.1 Å². The van der Waals surface area contributed by atoms with Crippen LogP contribution in [0.15, 0.2) is 47.1 Å². The van der Waals surface area contributed by atoms with Gasteiger partial charge in [0.15, 0.2) is 0 Å².